The molecule has 0 bridgehead atoms. The van der Waals surface area contributed by atoms with E-state index in [2.05, 4.69) is 15.5 Å². The molecule has 2 heterocycles. The number of carbonyl (C=O) groups excluding carboxylic acids is 1. The zero-order chi connectivity index (χ0) is 22.7. The first-order valence-electron chi connectivity index (χ1n) is 10.1. The Hall–Kier alpha value is -3.36. The molecule has 7 nitrogen and oxygen atoms in total. The lowest BCUT2D eigenvalue weighted by Gasteiger charge is -2.23. The van der Waals surface area contributed by atoms with Crippen LogP contribution in [0.3, 0.4) is 0 Å². The zero-order valence-electron chi connectivity index (χ0n) is 17.9. The summed E-state index contributed by atoms with van der Waals surface area (Å²) in [5, 5.41) is 11.5. The van der Waals surface area contributed by atoms with Gasteiger partial charge in [-0.25, -0.2) is 13.5 Å². The van der Waals surface area contributed by atoms with Gasteiger partial charge in [-0.2, -0.15) is 10.2 Å². The van der Waals surface area contributed by atoms with Crippen LogP contribution in [0.4, 0.5) is 8.78 Å². The van der Waals surface area contributed by atoms with E-state index in [1.165, 1.54) is 22.9 Å². The molecule has 3 aromatic rings. The van der Waals surface area contributed by atoms with Gasteiger partial charge < -0.3 is 5.32 Å². The van der Waals surface area contributed by atoms with Gasteiger partial charge in [0.05, 0.1) is 29.5 Å². The Labute approximate surface area is 178 Å². The van der Waals surface area contributed by atoms with E-state index in [-0.39, 0.29) is 30.0 Å². The Kier molecular flexibility index (Phi) is 6.62. The predicted octanol–water partition coefficient (Wildman–Crippen LogP) is 3.17. The maximum absolute atomic E-state index is 13.6. The number of nitrogens with one attached hydrogen (secondary N) is 1. The Morgan fingerprint density at radius 1 is 1.13 bits per heavy atom. The number of nitrogens with zero attached hydrogens (tertiary/aromatic N) is 4. The molecule has 1 amide bonds. The minimum absolute atomic E-state index is 0.00565. The SMILES string of the molecule is CCn1cc(C(=O)N[C@H](Cn2nc(-c3ccc(F)c(F)c3)ccc2=O)C(C)C)c(C)n1. The number of halogens is 2. The average Bonchev–Trinajstić information content (AvgIpc) is 3.12. The van der Waals surface area contributed by atoms with Crippen molar-refractivity contribution in [1.82, 2.24) is 24.9 Å². The number of hydrogen-bond donors (Lipinski definition) is 1. The number of aromatic nitrogens is 4. The summed E-state index contributed by atoms with van der Waals surface area (Å²) in [4.78, 5) is 25.2. The standard InChI is InChI=1S/C22H25F2N5O2/c1-5-28-11-16(14(4)26-28)22(31)25-20(13(2)3)12-29-21(30)9-8-19(27-29)15-6-7-17(23)18(24)10-15/h6-11,13,20H,5,12H2,1-4H3,(H,25,31)/t20-/m1/s1. The highest BCUT2D eigenvalue weighted by Crippen LogP contribution is 2.19. The fourth-order valence-electron chi connectivity index (χ4n) is 3.15. The van der Waals surface area contributed by atoms with Crippen LogP contribution in [0.5, 0.6) is 0 Å². The highest BCUT2D eigenvalue weighted by molar-refractivity contribution is 5.95. The van der Waals surface area contributed by atoms with Crippen LogP contribution >= 0.6 is 0 Å². The van der Waals surface area contributed by atoms with E-state index >= 15 is 0 Å². The van der Waals surface area contributed by atoms with Gasteiger partial charge in [-0.05, 0) is 44.0 Å². The lowest BCUT2D eigenvalue weighted by atomic mass is 10.0. The van der Waals surface area contributed by atoms with Crippen molar-refractivity contribution in [3.8, 4) is 11.3 Å². The largest absolute Gasteiger partial charge is 0.347 e. The quantitative estimate of drug-likeness (QED) is 0.626. The molecule has 1 aromatic carbocycles. The molecule has 1 N–H and O–H groups in total. The van der Waals surface area contributed by atoms with E-state index in [1.54, 1.807) is 17.8 Å². The summed E-state index contributed by atoms with van der Waals surface area (Å²) in [5.41, 5.74) is 1.41. The molecular weight excluding hydrogens is 404 g/mol. The first-order valence-corrected chi connectivity index (χ1v) is 10.1. The van der Waals surface area contributed by atoms with E-state index < -0.39 is 11.6 Å². The molecule has 0 aliphatic heterocycles. The molecule has 0 spiro atoms. The van der Waals surface area contributed by atoms with E-state index in [4.69, 9.17) is 0 Å². The summed E-state index contributed by atoms with van der Waals surface area (Å²) < 4.78 is 29.7. The van der Waals surface area contributed by atoms with Crippen molar-refractivity contribution < 1.29 is 13.6 Å². The summed E-state index contributed by atoms with van der Waals surface area (Å²) >= 11 is 0. The lowest BCUT2D eigenvalue weighted by molar-refractivity contribution is 0.0918. The minimum Gasteiger partial charge on any atom is -0.347 e. The molecule has 0 radical (unpaired) electrons. The highest BCUT2D eigenvalue weighted by Gasteiger charge is 2.21. The fraction of sp³-hybridized carbons (Fsp3) is 0.364. The molecule has 0 saturated heterocycles. The molecule has 0 saturated carbocycles. The van der Waals surface area contributed by atoms with E-state index in [0.717, 1.165) is 12.1 Å². The van der Waals surface area contributed by atoms with Crippen molar-refractivity contribution >= 4 is 5.91 Å². The molecule has 0 aliphatic carbocycles. The topological polar surface area (TPSA) is 81.8 Å². The van der Waals surface area contributed by atoms with Crippen molar-refractivity contribution in [2.24, 2.45) is 5.92 Å². The first-order chi connectivity index (χ1) is 14.7. The Morgan fingerprint density at radius 3 is 2.48 bits per heavy atom. The summed E-state index contributed by atoms with van der Waals surface area (Å²) in [7, 11) is 0. The molecule has 0 fully saturated rings. The predicted molar refractivity (Wildman–Crippen MR) is 113 cm³/mol. The molecule has 1 atom stereocenters. The zero-order valence-corrected chi connectivity index (χ0v) is 17.9. The monoisotopic (exact) mass is 429 g/mol. The number of hydrogen-bond acceptors (Lipinski definition) is 4. The number of carbonyl (C=O) groups is 1. The van der Waals surface area contributed by atoms with Gasteiger partial charge in [0.1, 0.15) is 0 Å². The molecule has 3 rings (SSSR count). The second kappa shape index (κ2) is 9.20. The van der Waals surface area contributed by atoms with Gasteiger partial charge in [-0.15, -0.1) is 0 Å². The van der Waals surface area contributed by atoms with Gasteiger partial charge in [0.25, 0.3) is 11.5 Å². The normalized spacial score (nSPS) is 12.2. The Bertz CT molecular complexity index is 1150. The van der Waals surface area contributed by atoms with Crippen LogP contribution in [0, 0.1) is 24.5 Å². The first kappa shape index (κ1) is 22.3. The van der Waals surface area contributed by atoms with Crippen LogP contribution in [0.1, 0.15) is 36.8 Å². The molecule has 0 unspecified atom stereocenters. The fourth-order valence-corrected chi connectivity index (χ4v) is 3.15. The third-order valence-electron chi connectivity index (χ3n) is 5.09. The summed E-state index contributed by atoms with van der Waals surface area (Å²) in [6, 6.07) is 5.82. The van der Waals surface area contributed by atoms with Gasteiger partial charge in [0.15, 0.2) is 11.6 Å². The summed E-state index contributed by atoms with van der Waals surface area (Å²) in [6.07, 6.45) is 1.69. The molecule has 2 aromatic heterocycles. The van der Waals surface area contributed by atoms with Crippen molar-refractivity contribution in [2.75, 3.05) is 0 Å². The highest BCUT2D eigenvalue weighted by atomic mass is 19.2. The lowest BCUT2D eigenvalue weighted by Crippen LogP contribution is -2.44. The second-order valence-corrected chi connectivity index (χ2v) is 7.68. The van der Waals surface area contributed by atoms with Crippen molar-refractivity contribution in [3.05, 3.63) is 69.8 Å². The van der Waals surface area contributed by atoms with Crippen molar-refractivity contribution in [3.63, 3.8) is 0 Å². The van der Waals surface area contributed by atoms with Gasteiger partial charge in [-0.3, -0.25) is 14.3 Å². The van der Waals surface area contributed by atoms with Crippen LogP contribution in [-0.4, -0.2) is 31.5 Å². The Balaban J connectivity index is 1.85. The maximum Gasteiger partial charge on any atom is 0.266 e. The van der Waals surface area contributed by atoms with Gasteiger partial charge >= 0.3 is 0 Å². The van der Waals surface area contributed by atoms with Gasteiger partial charge in [0, 0.05) is 24.4 Å². The molecule has 164 valence electrons. The van der Waals surface area contributed by atoms with E-state index in [1.807, 2.05) is 20.8 Å². The Morgan fingerprint density at radius 2 is 1.87 bits per heavy atom. The van der Waals surface area contributed by atoms with Crippen LogP contribution in [-0.2, 0) is 13.1 Å². The van der Waals surface area contributed by atoms with Crippen LogP contribution in [0.25, 0.3) is 11.3 Å². The smallest absolute Gasteiger partial charge is 0.266 e. The second-order valence-electron chi connectivity index (χ2n) is 7.68. The van der Waals surface area contributed by atoms with Crippen LogP contribution < -0.4 is 10.9 Å². The number of amides is 1. The average molecular weight is 429 g/mol. The molecular formula is C22H25F2N5O2. The van der Waals surface area contributed by atoms with Crippen LogP contribution in [0.2, 0.25) is 0 Å². The van der Waals surface area contributed by atoms with E-state index in [9.17, 15) is 18.4 Å². The van der Waals surface area contributed by atoms with E-state index in [0.29, 0.717) is 29.1 Å². The maximum atomic E-state index is 13.6. The number of benzene rings is 1. The third-order valence-corrected chi connectivity index (χ3v) is 5.09. The number of rotatable bonds is 7. The summed E-state index contributed by atoms with van der Waals surface area (Å²) in [5.74, 6) is -2.22. The summed E-state index contributed by atoms with van der Waals surface area (Å²) in [6.45, 7) is 8.33. The molecule has 9 heteroatoms. The van der Waals surface area contributed by atoms with Gasteiger partial charge in [0.2, 0.25) is 0 Å². The number of aryl methyl sites for hydroxylation is 2. The molecule has 31 heavy (non-hydrogen) atoms. The van der Waals surface area contributed by atoms with Crippen molar-refractivity contribution in [2.45, 2.75) is 46.8 Å². The molecule has 0 aliphatic rings. The third kappa shape index (κ3) is 5.04. The van der Waals surface area contributed by atoms with Crippen LogP contribution in [0.15, 0.2) is 41.3 Å². The van der Waals surface area contributed by atoms with Gasteiger partial charge in [-0.1, -0.05) is 13.8 Å². The minimum atomic E-state index is -0.993. The van der Waals surface area contributed by atoms with Crippen molar-refractivity contribution in [1.29, 1.82) is 0 Å².